The summed E-state index contributed by atoms with van der Waals surface area (Å²) in [5.41, 5.74) is 2.53. The zero-order chi connectivity index (χ0) is 25.8. The number of hydrogen-bond donors (Lipinski definition) is 3. The van der Waals surface area contributed by atoms with Crippen molar-refractivity contribution >= 4 is 11.5 Å². The van der Waals surface area contributed by atoms with Crippen molar-refractivity contribution in [3.63, 3.8) is 0 Å². The van der Waals surface area contributed by atoms with Crippen LogP contribution < -0.4 is 0 Å². The molecule has 0 spiro atoms. The molecule has 5 nitrogen and oxygen atoms in total. The van der Waals surface area contributed by atoms with Crippen molar-refractivity contribution in [2.24, 2.45) is 5.92 Å². The number of rotatable bonds is 10. The number of hydrogen-bond acceptors (Lipinski definition) is 4. The van der Waals surface area contributed by atoms with Gasteiger partial charge in [-0.1, -0.05) is 68.5 Å². The van der Waals surface area contributed by atoms with Gasteiger partial charge in [-0.2, -0.15) is 0 Å². The molecule has 0 bridgehead atoms. The summed E-state index contributed by atoms with van der Waals surface area (Å²) in [6, 6.07) is 16.8. The van der Waals surface area contributed by atoms with Gasteiger partial charge in [-0.15, -0.1) is 0 Å². The van der Waals surface area contributed by atoms with Gasteiger partial charge in [-0.05, 0) is 48.6 Å². The smallest absolute Gasteiger partial charge is 0.305 e. The summed E-state index contributed by atoms with van der Waals surface area (Å²) in [7, 11) is 0. The Bertz CT molecular complexity index is 1050. The number of carbonyl (C=O) groups is 1. The molecule has 0 saturated carbocycles. The molecule has 1 aliphatic rings. The topological polar surface area (TPSA) is 81.0 Å². The number of aliphatic carboxylic acids is 1. The molecule has 0 aromatic heterocycles. The molecule has 1 heterocycles. The monoisotopic (exact) mass is 481 g/mol. The summed E-state index contributed by atoms with van der Waals surface area (Å²) in [5.74, 6) is -1.39. The molecule has 35 heavy (non-hydrogen) atoms. The Morgan fingerprint density at radius 1 is 1.06 bits per heavy atom. The van der Waals surface area contributed by atoms with Crippen molar-refractivity contribution in [3.05, 3.63) is 89.9 Å². The normalized spacial score (nSPS) is 22.1. The minimum Gasteiger partial charge on any atom is -0.481 e. The van der Waals surface area contributed by atoms with Crippen LogP contribution in [0, 0.1) is 11.7 Å². The van der Waals surface area contributed by atoms with E-state index in [1.54, 1.807) is 18.2 Å². The molecule has 4 atom stereocenters. The average Bonchev–Trinajstić information content (AvgIpc) is 3.15. The number of aliphatic hydroxyl groups is 2. The third-order valence-corrected chi connectivity index (χ3v) is 6.80. The first-order chi connectivity index (χ1) is 16.6. The van der Waals surface area contributed by atoms with Crippen molar-refractivity contribution in [3.8, 4) is 0 Å². The first kappa shape index (κ1) is 26.6. The van der Waals surface area contributed by atoms with Crippen molar-refractivity contribution in [2.45, 2.75) is 70.2 Å². The number of benzene rings is 2. The molecule has 0 amide bonds. The minimum absolute atomic E-state index is 0.0626. The van der Waals surface area contributed by atoms with E-state index in [0.717, 1.165) is 16.7 Å². The maximum absolute atomic E-state index is 13.7. The SMILES string of the molecule is CC(C)N1C=C(c2ccc(F)cc2)C(c2ccccc2)C1(/C=C/C(O)CC(O)CC(=O)O)C(C)C. The molecular weight excluding hydrogens is 445 g/mol. The number of halogens is 1. The van der Waals surface area contributed by atoms with Gasteiger partial charge in [0.2, 0.25) is 0 Å². The molecule has 2 aromatic rings. The van der Waals surface area contributed by atoms with Crippen molar-refractivity contribution in [1.82, 2.24) is 4.90 Å². The second-order valence-electron chi connectivity index (χ2n) is 9.89. The third kappa shape index (κ3) is 5.82. The lowest BCUT2D eigenvalue weighted by molar-refractivity contribution is -0.139. The maximum atomic E-state index is 13.7. The van der Waals surface area contributed by atoms with Gasteiger partial charge in [0, 0.05) is 24.6 Å². The van der Waals surface area contributed by atoms with Gasteiger partial charge in [0.1, 0.15) is 5.82 Å². The highest BCUT2D eigenvalue weighted by Crippen LogP contribution is 2.54. The fourth-order valence-corrected chi connectivity index (χ4v) is 5.22. The van der Waals surface area contributed by atoms with E-state index in [2.05, 4.69) is 50.9 Å². The van der Waals surface area contributed by atoms with Crippen molar-refractivity contribution in [2.75, 3.05) is 0 Å². The van der Waals surface area contributed by atoms with Gasteiger partial charge in [0.25, 0.3) is 0 Å². The Hall–Kier alpha value is -2.96. The Kier molecular flexibility index (Phi) is 8.51. The second kappa shape index (κ2) is 11.2. The molecule has 4 unspecified atom stereocenters. The van der Waals surface area contributed by atoms with Crippen LogP contribution in [-0.4, -0.2) is 50.0 Å². The van der Waals surface area contributed by atoms with E-state index in [0.29, 0.717) is 0 Å². The minimum atomic E-state index is -1.13. The first-order valence-electron chi connectivity index (χ1n) is 12.1. The average molecular weight is 482 g/mol. The molecule has 0 radical (unpaired) electrons. The van der Waals surface area contributed by atoms with Crippen LogP contribution in [0.4, 0.5) is 4.39 Å². The summed E-state index contributed by atoms with van der Waals surface area (Å²) < 4.78 is 13.7. The van der Waals surface area contributed by atoms with E-state index in [9.17, 15) is 19.4 Å². The van der Waals surface area contributed by atoms with Crippen LogP contribution in [0.3, 0.4) is 0 Å². The Morgan fingerprint density at radius 3 is 2.23 bits per heavy atom. The number of nitrogens with zero attached hydrogens (tertiary/aromatic N) is 1. The lowest BCUT2D eigenvalue weighted by Gasteiger charge is -2.48. The molecule has 6 heteroatoms. The fraction of sp³-hybridized carbons (Fsp3) is 0.414. The molecule has 3 rings (SSSR count). The standard InChI is InChI=1S/C29H36FNO4/c1-19(2)29(15-14-24(32)16-25(33)17-27(34)35)28(22-8-6-5-7-9-22)26(18-31(29)20(3)4)21-10-12-23(30)13-11-21/h5-15,18-20,24-25,28,32-33H,16-17H2,1-4H3,(H,34,35)/b15-14+. The largest absolute Gasteiger partial charge is 0.481 e. The van der Waals surface area contributed by atoms with E-state index in [1.807, 2.05) is 24.3 Å². The molecule has 3 N–H and O–H groups in total. The fourth-order valence-electron chi connectivity index (χ4n) is 5.22. The molecule has 188 valence electrons. The zero-order valence-electron chi connectivity index (χ0n) is 20.8. The number of carboxylic acid groups (broad SMARTS) is 1. The van der Waals surface area contributed by atoms with Gasteiger partial charge < -0.3 is 20.2 Å². The highest BCUT2D eigenvalue weighted by atomic mass is 19.1. The van der Waals surface area contributed by atoms with Crippen molar-refractivity contribution in [1.29, 1.82) is 0 Å². The van der Waals surface area contributed by atoms with Crippen LogP contribution in [0.25, 0.3) is 5.57 Å². The van der Waals surface area contributed by atoms with Gasteiger partial charge in [0.15, 0.2) is 0 Å². The molecule has 1 aliphatic heterocycles. The number of aliphatic hydroxyl groups excluding tert-OH is 2. The Morgan fingerprint density at radius 2 is 1.69 bits per heavy atom. The summed E-state index contributed by atoms with van der Waals surface area (Å²) in [6.45, 7) is 8.51. The maximum Gasteiger partial charge on any atom is 0.305 e. The highest BCUT2D eigenvalue weighted by molar-refractivity contribution is 5.76. The van der Waals surface area contributed by atoms with Crippen LogP contribution in [0.5, 0.6) is 0 Å². The third-order valence-electron chi connectivity index (χ3n) is 6.80. The molecule has 0 fully saturated rings. The van der Waals surface area contributed by atoms with Gasteiger partial charge >= 0.3 is 5.97 Å². The van der Waals surface area contributed by atoms with Crippen LogP contribution >= 0.6 is 0 Å². The van der Waals surface area contributed by atoms with Crippen molar-refractivity contribution < 1.29 is 24.5 Å². The van der Waals surface area contributed by atoms with Gasteiger partial charge in [-0.25, -0.2) is 4.39 Å². The molecule has 0 aliphatic carbocycles. The Labute approximate surface area is 207 Å². The zero-order valence-corrected chi connectivity index (χ0v) is 20.8. The van der Waals surface area contributed by atoms with E-state index in [-0.39, 0.29) is 30.1 Å². The quantitative estimate of drug-likeness (QED) is 0.406. The lowest BCUT2D eigenvalue weighted by atomic mass is 9.68. The van der Waals surface area contributed by atoms with E-state index >= 15 is 0 Å². The van der Waals surface area contributed by atoms with Gasteiger partial charge in [0.05, 0.1) is 24.2 Å². The van der Waals surface area contributed by atoms with Crippen LogP contribution in [-0.2, 0) is 4.79 Å². The molecular formula is C29H36FNO4. The predicted molar refractivity (Wildman–Crippen MR) is 136 cm³/mol. The molecule has 2 aromatic carbocycles. The predicted octanol–water partition coefficient (Wildman–Crippen LogP) is 5.21. The summed E-state index contributed by atoms with van der Waals surface area (Å²) >= 11 is 0. The second-order valence-corrected chi connectivity index (χ2v) is 9.89. The first-order valence-corrected chi connectivity index (χ1v) is 12.1. The highest BCUT2D eigenvalue weighted by Gasteiger charge is 2.51. The van der Waals surface area contributed by atoms with E-state index < -0.39 is 30.1 Å². The Balaban J connectivity index is 2.12. The van der Waals surface area contributed by atoms with E-state index in [1.165, 1.54) is 12.1 Å². The lowest BCUT2D eigenvalue weighted by Crippen LogP contribution is -2.52. The van der Waals surface area contributed by atoms with Gasteiger partial charge in [-0.3, -0.25) is 4.79 Å². The van der Waals surface area contributed by atoms with E-state index in [4.69, 9.17) is 5.11 Å². The van der Waals surface area contributed by atoms with Crippen LogP contribution in [0.15, 0.2) is 72.9 Å². The van der Waals surface area contributed by atoms with Crippen LogP contribution in [0.2, 0.25) is 0 Å². The van der Waals surface area contributed by atoms with Crippen LogP contribution in [0.1, 0.15) is 57.6 Å². The summed E-state index contributed by atoms with van der Waals surface area (Å²) in [6.07, 6.45) is 3.22. The summed E-state index contributed by atoms with van der Waals surface area (Å²) in [5, 5.41) is 29.6. The summed E-state index contributed by atoms with van der Waals surface area (Å²) in [4.78, 5) is 13.2. The number of carboxylic acids is 1. The molecule has 0 saturated heterocycles.